The van der Waals surface area contributed by atoms with Gasteiger partial charge in [0.25, 0.3) is 0 Å². The summed E-state index contributed by atoms with van der Waals surface area (Å²) >= 11 is 0. The molecule has 64 valence electrons. The Hall–Kier alpha value is -1.16. The van der Waals surface area contributed by atoms with Crippen molar-refractivity contribution in [3.63, 3.8) is 0 Å². The van der Waals surface area contributed by atoms with Crippen LogP contribution in [0.25, 0.3) is 0 Å². The van der Waals surface area contributed by atoms with Crippen LogP contribution in [0.2, 0.25) is 0 Å². The number of hydrogen-bond donors (Lipinski definition) is 1. The lowest BCUT2D eigenvalue weighted by Crippen LogP contribution is -2.09. The minimum atomic E-state index is -3.49. The Bertz CT molecular complexity index is 381. The van der Waals surface area contributed by atoms with Crippen LogP contribution in [-0.2, 0) is 9.84 Å². The van der Waals surface area contributed by atoms with E-state index in [1.54, 1.807) is 18.2 Å². The van der Waals surface area contributed by atoms with E-state index in [-0.39, 0.29) is 9.94 Å². The zero-order valence-corrected chi connectivity index (χ0v) is 7.43. The Morgan fingerprint density at radius 1 is 1.25 bits per heavy atom. The molecule has 1 rings (SSSR count). The van der Waals surface area contributed by atoms with Crippen molar-refractivity contribution >= 4 is 14.9 Å². The van der Waals surface area contributed by atoms with E-state index in [0.717, 1.165) is 0 Å². The minimum Gasteiger partial charge on any atom is -0.294 e. The molecular weight excluding hydrogens is 174 g/mol. The first-order valence-electron chi connectivity index (χ1n) is 3.40. The van der Waals surface area contributed by atoms with E-state index >= 15 is 0 Å². The average molecular weight is 183 g/mol. The molecule has 0 saturated heterocycles. The topological polar surface area (TPSA) is 58.0 Å². The summed E-state index contributed by atoms with van der Waals surface area (Å²) in [4.78, 5) is 0.178. The van der Waals surface area contributed by atoms with Gasteiger partial charge in [-0.1, -0.05) is 18.2 Å². The van der Waals surface area contributed by atoms with Gasteiger partial charge in [-0.2, -0.15) is 0 Å². The number of benzene rings is 1. The molecule has 0 spiro atoms. The fourth-order valence-electron chi connectivity index (χ4n) is 0.776. The van der Waals surface area contributed by atoms with E-state index in [4.69, 9.17) is 5.41 Å². The van der Waals surface area contributed by atoms with Crippen molar-refractivity contribution < 1.29 is 8.42 Å². The van der Waals surface area contributed by atoms with E-state index in [1.165, 1.54) is 19.1 Å². The van der Waals surface area contributed by atoms with Crippen molar-refractivity contribution in [2.45, 2.75) is 11.8 Å². The molecule has 0 amide bonds. The Morgan fingerprint density at radius 2 is 1.75 bits per heavy atom. The first kappa shape index (κ1) is 8.93. The third-order valence-corrected chi connectivity index (χ3v) is 3.16. The second-order valence-electron chi connectivity index (χ2n) is 2.37. The molecule has 0 heterocycles. The number of hydrogen-bond acceptors (Lipinski definition) is 3. The van der Waals surface area contributed by atoms with Gasteiger partial charge in [0.1, 0.15) is 5.04 Å². The molecule has 0 fully saturated rings. The normalized spacial score (nSPS) is 11.1. The lowest BCUT2D eigenvalue weighted by atomic mass is 10.4. The van der Waals surface area contributed by atoms with Crippen LogP contribution in [0, 0.1) is 5.41 Å². The van der Waals surface area contributed by atoms with Gasteiger partial charge in [-0.15, -0.1) is 0 Å². The van der Waals surface area contributed by atoms with Crippen LogP contribution < -0.4 is 0 Å². The molecule has 0 saturated carbocycles. The molecule has 0 aliphatic heterocycles. The summed E-state index contributed by atoms with van der Waals surface area (Å²) in [7, 11) is -3.49. The number of nitrogens with one attached hydrogen (secondary N) is 1. The molecule has 4 heteroatoms. The molecule has 0 bridgehead atoms. The van der Waals surface area contributed by atoms with E-state index in [2.05, 4.69) is 0 Å². The lowest BCUT2D eigenvalue weighted by molar-refractivity contribution is 0.606. The van der Waals surface area contributed by atoms with Gasteiger partial charge in [0, 0.05) is 0 Å². The maximum Gasteiger partial charge on any atom is 0.218 e. The molecule has 12 heavy (non-hydrogen) atoms. The highest BCUT2D eigenvalue weighted by Gasteiger charge is 2.15. The fourth-order valence-corrected chi connectivity index (χ4v) is 1.65. The van der Waals surface area contributed by atoms with Gasteiger partial charge in [-0.05, 0) is 19.1 Å². The largest absolute Gasteiger partial charge is 0.294 e. The molecule has 0 aromatic heterocycles. The standard InChI is InChI=1S/C8H9NO2S/c1-7(9)12(10,11)8-5-3-2-4-6-8/h2-6,9H,1H3. The quantitative estimate of drug-likeness (QED) is 0.529. The molecule has 0 atom stereocenters. The molecule has 0 aliphatic carbocycles. The van der Waals surface area contributed by atoms with Crippen molar-refractivity contribution in [1.29, 1.82) is 5.41 Å². The van der Waals surface area contributed by atoms with E-state index in [9.17, 15) is 8.42 Å². The third-order valence-electron chi connectivity index (χ3n) is 1.46. The monoisotopic (exact) mass is 183 g/mol. The van der Waals surface area contributed by atoms with Crippen LogP contribution in [0.4, 0.5) is 0 Å². The van der Waals surface area contributed by atoms with Crippen LogP contribution in [0.15, 0.2) is 35.2 Å². The van der Waals surface area contributed by atoms with Gasteiger partial charge in [-0.25, -0.2) is 8.42 Å². The zero-order valence-electron chi connectivity index (χ0n) is 6.61. The predicted octanol–water partition coefficient (Wildman–Crippen LogP) is 1.46. The maximum atomic E-state index is 11.3. The molecule has 0 unspecified atom stereocenters. The van der Waals surface area contributed by atoms with Crippen molar-refractivity contribution in [2.75, 3.05) is 0 Å². The number of sulfone groups is 1. The van der Waals surface area contributed by atoms with Crippen molar-refractivity contribution in [3.05, 3.63) is 30.3 Å². The summed E-state index contributed by atoms with van der Waals surface area (Å²) in [6.45, 7) is 1.27. The molecule has 1 aromatic rings. The van der Waals surface area contributed by atoms with Crippen molar-refractivity contribution in [1.82, 2.24) is 0 Å². The molecule has 0 aliphatic rings. The molecule has 1 aromatic carbocycles. The summed E-state index contributed by atoms with van der Waals surface area (Å²) < 4.78 is 22.6. The van der Waals surface area contributed by atoms with Gasteiger partial charge >= 0.3 is 0 Å². The third kappa shape index (κ3) is 1.53. The number of rotatable bonds is 1. The lowest BCUT2D eigenvalue weighted by Gasteiger charge is -1.99. The highest BCUT2D eigenvalue weighted by Crippen LogP contribution is 2.10. The van der Waals surface area contributed by atoms with Gasteiger partial charge in [0.15, 0.2) is 0 Å². The van der Waals surface area contributed by atoms with E-state index in [1.807, 2.05) is 0 Å². The van der Waals surface area contributed by atoms with E-state index in [0.29, 0.717) is 0 Å². The van der Waals surface area contributed by atoms with Gasteiger partial charge < -0.3 is 0 Å². The van der Waals surface area contributed by atoms with Crippen molar-refractivity contribution in [2.24, 2.45) is 0 Å². The molecular formula is C8H9NO2S. The Kier molecular flexibility index (Phi) is 2.28. The highest BCUT2D eigenvalue weighted by atomic mass is 32.2. The SMILES string of the molecule is CC(=N)S(=O)(=O)c1ccccc1. The summed E-state index contributed by atoms with van der Waals surface area (Å²) in [6.07, 6.45) is 0. The fraction of sp³-hybridized carbons (Fsp3) is 0.125. The second-order valence-corrected chi connectivity index (χ2v) is 4.46. The summed E-state index contributed by atoms with van der Waals surface area (Å²) in [5.74, 6) is 0. The van der Waals surface area contributed by atoms with Crippen LogP contribution in [0.3, 0.4) is 0 Å². The smallest absolute Gasteiger partial charge is 0.218 e. The van der Waals surface area contributed by atoms with Crippen LogP contribution in [-0.4, -0.2) is 13.5 Å². The van der Waals surface area contributed by atoms with Crippen LogP contribution >= 0.6 is 0 Å². The minimum absolute atomic E-state index is 0.178. The summed E-state index contributed by atoms with van der Waals surface area (Å²) in [5.41, 5.74) is 0. The van der Waals surface area contributed by atoms with Crippen LogP contribution in [0.5, 0.6) is 0 Å². The Labute approximate surface area is 71.5 Å². The zero-order chi connectivity index (χ0) is 9.19. The van der Waals surface area contributed by atoms with Gasteiger partial charge in [0.2, 0.25) is 9.84 Å². The first-order chi connectivity index (χ1) is 5.55. The predicted molar refractivity (Wildman–Crippen MR) is 47.0 cm³/mol. The molecule has 3 nitrogen and oxygen atoms in total. The van der Waals surface area contributed by atoms with Gasteiger partial charge in [0.05, 0.1) is 4.90 Å². The van der Waals surface area contributed by atoms with Gasteiger partial charge in [-0.3, -0.25) is 5.41 Å². The Balaban J connectivity index is 3.26. The maximum absolute atomic E-state index is 11.3. The summed E-state index contributed by atoms with van der Waals surface area (Å²) in [6, 6.07) is 7.96. The molecule has 0 radical (unpaired) electrons. The second kappa shape index (κ2) is 3.06. The average Bonchev–Trinajstić information content (AvgIpc) is 2.06. The first-order valence-corrected chi connectivity index (χ1v) is 4.89. The van der Waals surface area contributed by atoms with E-state index < -0.39 is 9.84 Å². The Morgan fingerprint density at radius 3 is 2.17 bits per heavy atom. The van der Waals surface area contributed by atoms with Crippen LogP contribution in [0.1, 0.15) is 6.92 Å². The highest BCUT2D eigenvalue weighted by molar-refractivity contribution is 8.06. The molecule has 1 N–H and O–H groups in total. The summed E-state index contributed by atoms with van der Waals surface area (Å²) in [5, 5.41) is 6.72. The van der Waals surface area contributed by atoms with Crippen molar-refractivity contribution in [3.8, 4) is 0 Å².